The summed E-state index contributed by atoms with van der Waals surface area (Å²) in [6.45, 7) is 0. The summed E-state index contributed by atoms with van der Waals surface area (Å²) in [6.07, 6.45) is -8.14. The van der Waals surface area contributed by atoms with Gasteiger partial charge in [-0.25, -0.2) is 13.8 Å². The first-order chi connectivity index (χ1) is 8.28. The van der Waals surface area contributed by atoms with Gasteiger partial charge in [-0.15, -0.1) is 13.2 Å². The number of aromatic nitrogens is 1. The lowest BCUT2D eigenvalue weighted by molar-refractivity contribution is -0.274. The average molecular weight is 331 g/mol. The molecule has 0 unspecified atom stereocenters. The third-order valence-electron chi connectivity index (χ3n) is 1.77. The van der Waals surface area contributed by atoms with Crippen LogP contribution in [0.3, 0.4) is 0 Å². The maximum absolute atomic E-state index is 12.4. The second-order valence-electron chi connectivity index (χ2n) is 2.96. The van der Waals surface area contributed by atoms with Crippen molar-refractivity contribution in [2.24, 2.45) is 0 Å². The van der Waals surface area contributed by atoms with E-state index >= 15 is 0 Å². The molecule has 0 atom stereocenters. The van der Waals surface area contributed by atoms with Crippen molar-refractivity contribution in [2.45, 2.75) is 18.1 Å². The van der Waals surface area contributed by atoms with E-state index in [0.29, 0.717) is 6.07 Å². The van der Waals surface area contributed by atoms with Gasteiger partial charge in [-0.05, 0) is 0 Å². The largest absolute Gasteiger partial charge is 0.573 e. The molecular weight excluding hydrogens is 327 g/mol. The Balaban J connectivity index is 3.37. The highest BCUT2D eigenvalue weighted by molar-refractivity contribution is 9.08. The molecule has 18 heavy (non-hydrogen) atoms. The molecule has 0 aliphatic heterocycles. The van der Waals surface area contributed by atoms with Gasteiger partial charge in [0.25, 0.3) is 6.43 Å². The molecule has 3 nitrogen and oxygen atoms in total. The van der Waals surface area contributed by atoms with E-state index in [1.165, 1.54) is 6.07 Å². The minimum absolute atomic E-state index is 0.148. The molecule has 1 aromatic rings. The van der Waals surface area contributed by atoms with E-state index in [4.69, 9.17) is 5.26 Å². The monoisotopic (exact) mass is 330 g/mol. The second kappa shape index (κ2) is 5.48. The molecule has 0 spiro atoms. The number of nitrogens with zero attached hydrogens (tertiary/aromatic N) is 2. The first-order valence-electron chi connectivity index (χ1n) is 4.32. The molecule has 0 saturated carbocycles. The molecule has 0 bridgehead atoms. The van der Waals surface area contributed by atoms with Crippen molar-refractivity contribution in [3.8, 4) is 11.8 Å². The van der Waals surface area contributed by atoms with Crippen molar-refractivity contribution in [3.05, 3.63) is 23.0 Å². The van der Waals surface area contributed by atoms with Crippen LogP contribution in [0.4, 0.5) is 22.0 Å². The molecule has 98 valence electrons. The number of nitriles is 1. The number of halogens is 6. The van der Waals surface area contributed by atoms with Crippen molar-refractivity contribution in [1.82, 2.24) is 4.98 Å². The van der Waals surface area contributed by atoms with E-state index in [2.05, 4.69) is 25.7 Å². The van der Waals surface area contributed by atoms with E-state index in [-0.39, 0.29) is 11.0 Å². The van der Waals surface area contributed by atoms with Gasteiger partial charge in [-0.2, -0.15) is 5.26 Å². The molecule has 0 radical (unpaired) electrons. The lowest BCUT2D eigenvalue weighted by atomic mass is 10.2. The van der Waals surface area contributed by atoms with E-state index in [1.54, 1.807) is 0 Å². The van der Waals surface area contributed by atoms with Gasteiger partial charge >= 0.3 is 6.36 Å². The van der Waals surface area contributed by atoms with Crippen LogP contribution in [0, 0.1) is 11.3 Å². The van der Waals surface area contributed by atoms with Crippen molar-refractivity contribution in [3.63, 3.8) is 0 Å². The number of alkyl halides is 6. The van der Waals surface area contributed by atoms with Crippen molar-refractivity contribution < 1.29 is 26.7 Å². The molecule has 0 aliphatic carbocycles. The summed E-state index contributed by atoms with van der Waals surface area (Å²) in [5, 5.41) is 8.56. The normalized spacial score (nSPS) is 11.4. The van der Waals surface area contributed by atoms with Crippen LogP contribution in [0.1, 0.15) is 23.4 Å². The van der Waals surface area contributed by atoms with Gasteiger partial charge in [0.1, 0.15) is 17.3 Å². The Morgan fingerprint density at radius 2 is 2.06 bits per heavy atom. The van der Waals surface area contributed by atoms with Crippen molar-refractivity contribution in [2.75, 3.05) is 0 Å². The van der Waals surface area contributed by atoms with Gasteiger partial charge in [-0.1, -0.05) is 15.9 Å². The lowest BCUT2D eigenvalue weighted by Crippen LogP contribution is -2.19. The molecule has 9 heteroatoms. The Hall–Kier alpha value is -1.43. The highest BCUT2D eigenvalue weighted by atomic mass is 79.9. The summed E-state index contributed by atoms with van der Waals surface area (Å²) in [5.41, 5.74) is -1.66. The van der Waals surface area contributed by atoms with Crippen LogP contribution in [-0.4, -0.2) is 11.3 Å². The molecule has 0 aromatic carbocycles. The van der Waals surface area contributed by atoms with E-state index < -0.39 is 29.8 Å². The van der Waals surface area contributed by atoms with E-state index in [9.17, 15) is 22.0 Å². The molecule has 1 aromatic heterocycles. The maximum atomic E-state index is 12.4. The Morgan fingerprint density at radius 3 is 2.44 bits per heavy atom. The minimum atomic E-state index is -5.07. The zero-order valence-electron chi connectivity index (χ0n) is 8.43. The maximum Gasteiger partial charge on any atom is 0.573 e. The molecule has 0 fully saturated rings. The van der Waals surface area contributed by atoms with Gasteiger partial charge in [-0.3, -0.25) is 0 Å². The summed E-state index contributed by atoms with van der Waals surface area (Å²) in [6, 6.07) is 1.85. The van der Waals surface area contributed by atoms with Crippen LogP contribution >= 0.6 is 15.9 Å². The number of rotatable bonds is 3. The smallest absolute Gasteiger partial charge is 0.404 e. The Kier molecular flexibility index (Phi) is 4.45. The highest BCUT2D eigenvalue weighted by Crippen LogP contribution is 2.31. The minimum Gasteiger partial charge on any atom is -0.404 e. The van der Waals surface area contributed by atoms with Crippen molar-refractivity contribution in [1.29, 1.82) is 5.26 Å². The van der Waals surface area contributed by atoms with Crippen LogP contribution in [-0.2, 0) is 5.33 Å². The van der Waals surface area contributed by atoms with Crippen LogP contribution in [0.5, 0.6) is 5.75 Å². The zero-order valence-corrected chi connectivity index (χ0v) is 10.0. The highest BCUT2D eigenvalue weighted by Gasteiger charge is 2.33. The quantitative estimate of drug-likeness (QED) is 0.627. The number of hydrogen-bond acceptors (Lipinski definition) is 3. The van der Waals surface area contributed by atoms with Gasteiger partial charge in [0, 0.05) is 11.4 Å². The molecule has 0 amide bonds. The van der Waals surface area contributed by atoms with E-state index in [1.807, 2.05) is 0 Å². The first kappa shape index (κ1) is 14.6. The molecular formula is C9H4BrF5N2O. The molecule has 0 N–H and O–H groups in total. The number of ether oxygens (including phenoxy) is 1. The third kappa shape index (κ3) is 3.53. The number of pyridine rings is 1. The van der Waals surface area contributed by atoms with Crippen LogP contribution in [0.15, 0.2) is 6.07 Å². The zero-order chi connectivity index (χ0) is 13.9. The molecule has 1 rings (SSSR count). The molecule has 0 aliphatic rings. The average Bonchev–Trinajstić information content (AvgIpc) is 2.25. The summed E-state index contributed by atoms with van der Waals surface area (Å²) < 4.78 is 64.6. The van der Waals surface area contributed by atoms with Gasteiger partial charge in [0.2, 0.25) is 0 Å². The van der Waals surface area contributed by atoms with Gasteiger partial charge < -0.3 is 4.74 Å². The SMILES string of the molecule is N#Cc1c(OC(F)(F)F)cc(C(F)F)nc1CBr. The van der Waals surface area contributed by atoms with Gasteiger partial charge in [0.15, 0.2) is 5.75 Å². The summed E-state index contributed by atoms with van der Waals surface area (Å²) >= 11 is 2.85. The fourth-order valence-corrected chi connectivity index (χ4v) is 1.53. The standard InChI is InChI=1S/C9H4BrF5N2O/c10-2-6-4(3-16)7(18-9(13,14)15)1-5(17-6)8(11)12/h1,8H,2H2. The summed E-state index contributed by atoms with van der Waals surface area (Å²) in [5.74, 6) is -0.982. The lowest BCUT2D eigenvalue weighted by Gasteiger charge is -2.13. The Labute approximate surface area is 106 Å². The number of hydrogen-bond donors (Lipinski definition) is 0. The second-order valence-corrected chi connectivity index (χ2v) is 3.52. The van der Waals surface area contributed by atoms with Crippen molar-refractivity contribution >= 4 is 15.9 Å². The first-order valence-corrected chi connectivity index (χ1v) is 5.44. The predicted molar refractivity (Wildman–Crippen MR) is 53.2 cm³/mol. The van der Waals surface area contributed by atoms with E-state index in [0.717, 1.165) is 0 Å². The Bertz CT molecular complexity index is 483. The molecule has 0 saturated heterocycles. The fraction of sp³-hybridized carbons (Fsp3) is 0.333. The summed E-state index contributed by atoms with van der Waals surface area (Å²) in [4.78, 5) is 3.39. The van der Waals surface area contributed by atoms with Crippen LogP contribution in [0.2, 0.25) is 0 Å². The fourth-order valence-electron chi connectivity index (χ4n) is 1.13. The summed E-state index contributed by atoms with van der Waals surface area (Å²) in [7, 11) is 0. The van der Waals surface area contributed by atoms with Crippen LogP contribution in [0.25, 0.3) is 0 Å². The van der Waals surface area contributed by atoms with Gasteiger partial charge in [0.05, 0.1) is 5.69 Å². The predicted octanol–water partition coefficient (Wildman–Crippen LogP) is 3.68. The van der Waals surface area contributed by atoms with Crippen LogP contribution < -0.4 is 4.74 Å². The molecule has 1 heterocycles. The third-order valence-corrected chi connectivity index (χ3v) is 2.30. The Morgan fingerprint density at radius 1 is 1.44 bits per heavy atom. The topological polar surface area (TPSA) is 45.9 Å².